The molecule has 2 aromatic carbocycles. The predicted molar refractivity (Wildman–Crippen MR) is 130 cm³/mol. The molecule has 0 radical (unpaired) electrons. The quantitative estimate of drug-likeness (QED) is 0.155. The first-order valence-corrected chi connectivity index (χ1v) is 12.1. The molecule has 1 heterocycles. The average molecular weight is 559 g/mol. The van der Waals surface area contributed by atoms with Crippen molar-refractivity contribution in [1.82, 2.24) is 0 Å². The fourth-order valence-electron chi connectivity index (χ4n) is 3.45. The maximum atomic E-state index is 13.0. The average Bonchev–Trinajstić information content (AvgIpc) is 3.64. The fourth-order valence-corrected chi connectivity index (χ4v) is 4.17. The van der Waals surface area contributed by atoms with E-state index in [1.54, 1.807) is 12.1 Å². The summed E-state index contributed by atoms with van der Waals surface area (Å²) in [4.78, 5) is 12.9. The minimum Gasteiger partial charge on any atom is -0.619 e. The smallest absolute Gasteiger partial charge is 0.387 e. The Morgan fingerprint density at radius 3 is 2.31 bits per heavy atom. The van der Waals surface area contributed by atoms with Crippen molar-refractivity contribution < 1.29 is 32.5 Å². The molecule has 36 heavy (non-hydrogen) atoms. The zero-order valence-corrected chi connectivity index (χ0v) is 20.9. The van der Waals surface area contributed by atoms with Gasteiger partial charge < -0.3 is 19.4 Å². The highest BCUT2D eigenvalue weighted by atomic mass is 35.5. The highest BCUT2D eigenvalue weighted by molar-refractivity contribution is 6.35. The van der Waals surface area contributed by atoms with Crippen molar-refractivity contribution in [2.45, 2.75) is 32.0 Å². The van der Waals surface area contributed by atoms with Gasteiger partial charge in [0, 0.05) is 17.0 Å². The number of halogens is 5. The number of rotatable bonds is 10. The molecule has 0 unspecified atom stereocenters. The van der Waals surface area contributed by atoms with Crippen molar-refractivity contribution in [3.63, 3.8) is 0 Å². The first-order chi connectivity index (χ1) is 17.2. The van der Waals surface area contributed by atoms with E-state index in [-0.39, 0.29) is 33.5 Å². The third kappa shape index (κ3) is 6.90. The van der Waals surface area contributed by atoms with Gasteiger partial charge in [-0.1, -0.05) is 40.9 Å². The van der Waals surface area contributed by atoms with Crippen LogP contribution in [0.25, 0.3) is 0 Å². The zero-order chi connectivity index (χ0) is 25.8. The van der Waals surface area contributed by atoms with Gasteiger partial charge in [0.2, 0.25) is 0 Å². The van der Waals surface area contributed by atoms with E-state index < -0.39 is 18.7 Å². The summed E-state index contributed by atoms with van der Waals surface area (Å²) in [5, 5.41) is 12.3. The highest BCUT2D eigenvalue weighted by Crippen LogP contribution is 2.38. The number of alkyl halides is 2. The van der Waals surface area contributed by atoms with E-state index in [2.05, 4.69) is 4.74 Å². The van der Waals surface area contributed by atoms with Crippen LogP contribution in [-0.2, 0) is 11.2 Å². The van der Waals surface area contributed by atoms with Gasteiger partial charge in [-0.3, -0.25) is 0 Å². The van der Waals surface area contributed by atoms with Crippen molar-refractivity contribution in [3.05, 3.63) is 91.8 Å². The fraction of sp³-hybridized carbons (Fsp3) is 0.280. The summed E-state index contributed by atoms with van der Waals surface area (Å²) in [6.07, 6.45) is 3.28. The number of esters is 1. The number of nitrogens with zero attached hydrogens (tertiary/aromatic N) is 1. The molecule has 4 rings (SSSR count). The number of pyridine rings is 1. The van der Waals surface area contributed by atoms with E-state index in [0.717, 1.165) is 25.2 Å². The Morgan fingerprint density at radius 1 is 1.03 bits per heavy atom. The van der Waals surface area contributed by atoms with Gasteiger partial charge in [0.15, 0.2) is 23.9 Å². The molecule has 1 saturated carbocycles. The van der Waals surface area contributed by atoms with Crippen LogP contribution in [0.5, 0.6) is 11.5 Å². The number of aromatic nitrogens is 1. The van der Waals surface area contributed by atoms with Crippen molar-refractivity contribution in [3.8, 4) is 11.5 Å². The summed E-state index contributed by atoms with van der Waals surface area (Å²) in [7, 11) is 0. The van der Waals surface area contributed by atoms with E-state index >= 15 is 0 Å². The van der Waals surface area contributed by atoms with E-state index in [9.17, 15) is 18.8 Å². The van der Waals surface area contributed by atoms with Crippen LogP contribution in [0.4, 0.5) is 8.78 Å². The lowest BCUT2D eigenvalue weighted by Crippen LogP contribution is -2.25. The molecular formula is C25H20Cl3F2NO5. The number of hydrogen-bond acceptors (Lipinski definition) is 5. The van der Waals surface area contributed by atoms with Gasteiger partial charge in [0.05, 0.1) is 12.2 Å². The lowest BCUT2D eigenvalue weighted by molar-refractivity contribution is -0.605. The number of hydrogen-bond donors (Lipinski definition) is 0. The normalized spacial score (nSPS) is 13.9. The summed E-state index contributed by atoms with van der Waals surface area (Å²) in [5.74, 6) is -0.352. The second-order valence-electron chi connectivity index (χ2n) is 8.24. The van der Waals surface area contributed by atoms with Gasteiger partial charge in [-0.25, -0.2) is 4.79 Å². The standard InChI is InChI=1S/C25H20Cl3F2NO5/c26-17-6-3-15(4-7-17)24(32)35-22(10-18-19(27)11-31(33)12-20(18)28)16-5-8-21(36-25(29)30)23(9-16)34-13-14-1-2-14/h3-9,11-12,14,22,25H,1-2,10,13H2/t22-/m0/s1. The Balaban J connectivity index is 1.69. The monoisotopic (exact) mass is 557 g/mol. The molecule has 1 aliphatic rings. The van der Waals surface area contributed by atoms with E-state index in [1.165, 1.54) is 30.3 Å². The highest BCUT2D eigenvalue weighted by Gasteiger charge is 2.26. The minimum atomic E-state index is -3.04. The molecule has 6 nitrogen and oxygen atoms in total. The molecular weight excluding hydrogens is 539 g/mol. The second kappa shape index (κ2) is 11.5. The van der Waals surface area contributed by atoms with Crippen LogP contribution in [0, 0.1) is 11.1 Å². The van der Waals surface area contributed by atoms with Gasteiger partial charge in [-0.2, -0.15) is 13.5 Å². The van der Waals surface area contributed by atoms with Crippen LogP contribution >= 0.6 is 34.8 Å². The molecule has 0 N–H and O–H groups in total. The molecule has 0 spiro atoms. The maximum absolute atomic E-state index is 13.0. The van der Waals surface area contributed by atoms with Gasteiger partial charge in [0.25, 0.3) is 0 Å². The minimum absolute atomic E-state index is 0.00501. The van der Waals surface area contributed by atoms with Crippen LogP contribution < -0.4 is 14.2 Å². The number of carbonyl (C=O) groups is 1. The largest absolute Gasteiger partial charge is 0.619 e. The van der Waals surface area contributed by atoms with Gasteiger partial charge in [-0.05, 0) is 60.7 Å². The second-order valence-corrected chi connectivity index (χ2v) is 9.49. The number of carbonyl (C=O) groups excluding carboxylic acids is 1. The third-order valence-electron chi connectivity index (χ3n) is 5.50. The maximum Gasteiger partial charge on any atom is 0.387 e. The molecule has 1 fully saturated rings. The Morgan fingerprint density at radius 2 is 1.69 bits per heavy atom. The first kappa shape index (κ1) is 26.3. The van der Waals surface area contributed by atoms with Crippen molar-refractivity contribution >= 4 is 40.8 Å². The molecule has 1 aromatic heterocycles. The first-order valence-electron chi connectivity index (χ1n) is 10.9. The van der Waals surface area contributed by atoms with Gasteiger partial charge >= 0.3 is 12.6 Å². The Bertz CT molecular complexity index is 1220. The zero-order valence-electron chi connectivity index (χ0n) is 18.6. The summed E-state index contributed by atoms with van der Waals surface area (Å²) >= 11 is 18.4. The molecule has 1 aliphatic carbocycles. The third-order valence-corrected chi connectivity index (χ3v) is 6.41. The summed E-state index contributed by atoms with van der Waals surface area (Å²) in [6, 6.07) is 10.4. The molecule has 0 aliphatic heterocycles. The van der Waals surface area contributed by atoms with Crippen LogP contribution in [0.15, 0.2) is 54.9 Å². The Labute approximate surface area is 220 Å². The molecule has 0 saturated heterocycles. The van der Waals surface area contributed by atoms with E-state index in [0.29, 0.717) is 33.4 Å². The van der Waals surface area contributed by atoms with Crippen molar-refractivity contribution in [2.24, 2.45) is 5.92 Å². The molecule has 1 atom stereocenters. The molecule has 11 heteroatoms. The number of benzene rings is 2. The molecule has 190 valence electrons. The summed E-state index contributed by atoms with van der Waals surface area (Å²) in [5.41, 5.74) is 1.04. The van der Waals surface area contributed by atoms with Crippen LogP contribution in [0.1, 0.15) is 40.4 Å². The van der Waals surface area contributed by atoms with Gasteiger partial charge in [-0.15, -0.1) is 0 Å². The summed E-state index contributed by atoms with van der Waals surface area (Å²) in [6.45, 7) is -2.70. The SMILES string of the molecule is O=C(O[C@@H](Cc1c(Cl)c[n+]([O-])cc1Cl)c1ccc(OC(F)F)c(OCC2CC2)c1)c1ccc(Cl)cc1. The Hall–Kier alpha value is -2.81. The molecule has 0 amide bonds. The van der Waals surface area contributed by atoms with Crippen LogP contribution in [-0.4, -0.2) is 19.2 Å². The molecule has 3 aromatic rings. The topological polar surface area (TPSA) is 71.7 Å². The Kier molecular flexibility index (Phi) is 8.39. The van der Waals surface area contributed by atoms with Crippen molar-refractivity contribution in [2.75, 3.05) is 6.61 Å². The van der Waals surface area contributed by atoms with E-state index in [1.807, 2.05) is 0 Å². The van der Waals surface area contributed by atoms with E-state index in [4.69, 9.17) is 44.3 Å². The van der Waals surface area contributed by atoms with Crippen LogP contribution in [0.2, 0.25) is 15.1 Å². The predicted octanol–water partition coefficient (Wildman–Crippen LogP) is 6.81. The molecule has 0 bridgehead atoms. The van der Waals surface area contributed by atoms with Crippen LogP contribution in [0.3, 0.4) is 0 Å². The lowest BCUT2D eigenvalue weighted by Gasteiger charge is -2.21. The lowest BCUT2D eigenvalue weighted by atomic mass is 10.0. The number of ether oxygens (including phenoxy) is 3. The summed E-state index contributed by atoms with van der Waals surface area (Å²) < 4.78 is 42.5. The van der Waals surface area contributed by atoms with Crippen molar-refractivity contribution in [1.29, 1.82) is 0 Å². The van der Waals surface area contributed by atoms with Gasteiger partial charge in [0.1, 0.15) is 16.1 Å².